The van der Waals surface area contributed by atoms with Crippen molar-refractivity contribution in [1.82, 2.24) is 20.2 Å². The number of hydrogen-bond donors (Lipinski definition) is 2. The molecule has 0 aliphatic carbocycles. The minimum atomic E-state index is -0.234. The van der Waals surface area contributed by atoms with Gasteiger partial charge in [-0.3, -0.25) is 0 Å². The Labute approximate surface area is 135 Å². The van der Waals surface area contributed by atoms with E-state index in [-0.39, 0.29) is 12.1 Å². The summed E-state index contributed by atoms with van der Waals surface area (Å²) in [6, 6.07) is 5.22. The summed E-state index contributed by atoms with van der Waals surface area (Å²) in [6.45, 7) is 2.95. The zero-order valence-electron chi connectivity index (χ0n) is 13.6. The van der Waals surface area contributed by atoms with E-state index in [1.54, 1.807) is 26.7 Å². The van der Waals surface area contributed by atoms with Crippen molar-refractivity contribution in [3.8, 4) is 11.5 Å². The molecule has 2 aromatic rings. The molecule has 0 spiro atoms. The van der Waals surface area contributed by atoms with Crippen LogP contribution in [0.4, 0.5) is 4.79 Å². The molecule has 0 aliphatic heterocycles. The summed E-state index contributed by atoms with van der Waals surface area (Å²) in [5.74, 6) is 1.43. The summed E-state index contributed by atoms with van der Waals surface area (Å²) < 4.78 is 12.4. The molecule has 1 aromatic carbocycles. The van der Waals surface area contributed by atoms with Gasteiger partial charge in [-0.2, -0.15) is 0 Å². The molecule has 0 saturated carbocycles. The van der Waals surface area contributed by atoms with Gasteiger partial charge in [0.15, 0.2) is 0 Å². The van der Waals surface area contributed by atoms with Gasteiger partial charge in [0.25, 0.3) is 0 Å². The number of rotatable bonds is 7. The smallest absolute Gasteiger partial charge is 0.315 e. The highest BCUT2D eigenvalue weighted by atomic mass is 16.5. The third-order valence-corrected chi connectivity index (χ3v) is 3.35. The maximum atomic E-state index is 12.0. The molecule has 1 heterocycles. The molecule has 7 heteroatoms. The first-order chi connectivity index (χ1) is 11.1. The van der Waals surface area contributed by atoms with Gasteiger partial charge in [0.2, 0.25) is 0 Å². The van der Waals surface area contributed by atoms with Gasteiger partial charge in [0.05, 0.1) is 20.5 Å². The van der Waals surface area contributed by atoms with Crippen molar-refractivity contribution >= 4 is 6.03 Å². The van der Waals surface area contributed by atoms with E-state index in [0.717, 1.165) is 11.3 Å². The van der Waals surface area contributed by atoms with E-state index in [1.807, 2.05) is 35.9 Å². The Hall–Kier alpha value is -2.70. The second kappa shape index (κ2) is 8.07. The number of ether oxygens (including phenoxy) is 2. The van der Waals surface area contributed by atoms with Crippen LogP contribution in [0.1, 0.15) is 12.5 Å². The van der Waals surface area contributed by atoms with Crippen LogP contribution < -0.4 is 20.1 Å². The lowest BCUT2D eigenvalue weighted by Crippen LogP contribution is -2.42. The van der Waals surface area contributed by atoms with Crippen molar-refractivity contribution < 1.29 is 14.3 Å². The Balaban J connectivity index is 1.86. The van der Waals surface area contributed by atoms with E-state index in [1.165, 1.54) is 0 Å². The van der Waals surface area contributed by atoms with Crippen LogP contribution >= 0.6 is 0 Å². The zero-order valence-corrected chi connectivity index (χ0v) is 13.6. The van der Waals surface area contributed by atoms with E-state index >= 15 is 0 Å². The molecule has 2 N–H and O–H groups in total. The summed E-state index contributed by atoms with van der Waals surface area (Å²) in [5.41, 5.74) is 0.851. The third kappa shape index (κ3) is 4.91. The van der Waals surface area contributed by atoms with Crippen LogP contribution in [0.2, 0.25) is 0 Å². The van der Waals surface area contributed by atoms with Crippen molar-refractivity contribution in [1.29, 1.82) is 0 Å². The number of benzene rings is 1. The highest BCUT2D eigenvalue weighted by Gasteiger charge is 2.10. The lowest BCUT2D eigenvalue weighted by molar-refractivity contribution is 0.236. The Morgan fingerprint density at radius 2 is 2.17 bits per heavy atom. The molecule has 124 valence electrons. The molecule has 1 atom stereocenters. The van der Waals surface area contributed by atoms with Crippen LogP contribution in [0.25, 0.3) is 0 Å². The monoisotopic (exact) mass is 318 g/mol. The molecule has 0 aliphatic rings. The normalized spacial score (nSPS) is 11.6. The van der Waals surface area contributed by atoms with E-state index in [4.69, 9.17) is 9.47 Å². The van der Waals surface area contributed by atoms with Gasteiger partial charge in [-0.1, -0.05) is 0 Å². The van der Waals surface area contributed by atoms with E-state index in [9.17, 15) is 4.79 Å². The Kier molecular flexibility index (Phi) is 5.85. The van der Waals surface area contributed by atoms with Crippen molar-refractivity contribution in [2.45, 2.75) is 26.1 Å². The van der Waals surface area contributed by atoms with Crippen molar-refractivity contribution in [3.05, 3.63) is 42.5 Å². The molecule has 7 nitrogen and oxygen atoms in total. The molecule has 0 fully saturated rings. The first-order valence-electron chi connectivity index (χ1n) is 7.33. The zero-order chi connectivity index (χ0) is 16.7. The maximum Gasteiger partial charge on any atom is 0.315 e. The number of nitrogens with one attached hydrogen (secondary N) is 2. The second-order valence-electron chi connectivity index (χ2n) is 5.17. The summed E-state index contributed by atoms with van der Waals surface area (Å²) >= 11 is 0. The fraction of sp³-hybridized carbons (Fsp3) is 0.375. The number of aromatic nitrogens is 2. The summed E-state index contributed by atoms with van der Waals surface area (Å²) in [7, 11) is 3.20. The number of hydrogen-bond acceptors (Lipinski definition) is 4. The number of imidazole rings is 1. The lowest BCUT2D eigenvalue weighted by atomic mass is 10.2. The van der Waals surface area contributed by atoms with E-state index < -0.39 is 0 Å². The van der Waals surface area contributed by atoms with Gasteiger partial charge in [-0.25, -0.2) is 9.78 Å². The SMILES string of the molecule is COc1ccc(OC)c(CNC(=O)N[C@@H](C)Cn2ccnc2)c1. The van der Waals surface area contributed by atoms with Crippen molar-refractivity contribution in [2.24, 2.45) is 0 Å². The quantitative estimate of drug-likeness (QED) is 0.816. The first-order valence-corrected chi connectivity index (χ1v) is 7.33. The topological polar surface area (TPSA) is 77.4 Å². The highest BCUT2D eigenvalue weighted by Crippen LogP contribution is 2.23. The molecule has 0 saturated heterocycles. The van der Waals surface area contributed by atoms with Gasteiger partial charge >= 0.3 is 6.03 Å². The van der Waals surface area contributed by atoms with Gasteiger partial charge in [-0.05, 0) is 25.1 Å². The fourth-order valence-electron chi connectivity index (χ4n) is 2.23. The standard InChI is InChI=1S/C16H22N4O3/c1-12(10-20-7-6-17-11-20)19-16(21)18-9-13-8-14(22-2)4-5-15(13)23-3/h4-8,11-12H,9-10H2,1-3H3,(H2,18,19,21)/t12-/m0/s1. The number of carbonyl (C=O) groups is 1. The van der Waals surface area contributed by atoms with Gasteiger partial charge < -0.3 is 24.7 Å². The molecule has 1 aromatic heterocycles. The minimum Gasteiger partial charge on any atom is -0.497 e. The molecule has 0 bridgehead atoms. The Bertz CT molecular complexity index is 628. The lowest BCUT2D eigenvalue weighted by Gasteiger charge is -2.16. The van der Waals surface area contributed by atoms with Gasteiger partial charge in [0, 0.05) is 37.1 Å². The molecular weight excluding hydrogens is 296 g/mol. The molecule has 0 unspecified atom stereocenters. The minimum absolute atomic E-state index is 0.0172. The van der Waals surface area contributed by atoms with Crippen LogP contribution in [0.15, 0.2) is 36.9 Å². The summed E-state index contributed by atoms with van der Waals surface area (Å²) in [6.07, 6.45) is 5.29. The Morgan fingerprint density at radius 1 is 1.35 bits per heavy atom. The first kappa shape index (κ1) is 16.7. The van der Waals surface area contributed by atoms with Crippen LogP contribution in [0, 0.1) is 0 Å². The average molecular weight is 318 g/mol. The fourth-order valence-corrected chi connectivity index (χ4v) is 2.23. The van der Waals surface area contributed by atoms with Crippen molar-refractivity contribution in [2.75, 3.05) is 14.2 Å². The predicted octanol–water partition coefficient (Wildman–Crippen LogP) is 1.79. The second-order valence-corrected chi connectivity index (χ2v) is 5.17. The van der Waals surface area contributed by atoms with Crippen LogP contribution in [0.5, 0.6) is 11.5 Å². The van der Waals surface area contributed by atoms with Gasteiger partial charge in [-0.15, -0.1) is 0 Å². The van der Waals surface area contributed by atoms with Crippen LogP contribution in [-0.2, 0) is 13.1 Å². The summed E-state index contributed by atoms with van der Waals surface area (Å²) in [4.78, 5) is 16.0. The number of urea groups is 1. The molecule has 0 radical (unpaired) electrons. The molecule has 2 rings (SSSR count). The van der Waals surface area contributed by atoms with Gasteiger partial charge in [0.1, 0.15) is 11.5 Å². The largest absolute Gasteiger partial charge is 0.497 e. The predicted molar refractivity (Wildman–Crippen MR) is 86.6 cm³/mol. The Morgan fingerprint density at radius 3 is 2.83 bits per heavy atom. The molecular formula is C16H22N4O3. The number of nitrogens with zero attached hydrogens (tertiary/aromatic N) is 2. The number of amides is 2. The third-order valence-electron chi connectivity index (χ3n) is 3.35. The average Bonchev–Trinajstić information content (AvgIpc) is 3.05. The molecule has 23 heavy (non-hydrogen) atoms. The number of methoxy groups -OCH3 is 2. The van der Waals surface area contributed by atoms with E-state index in [2.05, 4.69) is 15.6 Å². The molecule has 2 amide bonds. The maximum absolute atomic E-state index is 12.0. The highest BCUT2D eigenvalue weighted by molar-refractivity contribution is 5.74. The van der Waals surface area contributed by atoms with Crippen LogP contribution in [0.3, 0.4) is 0 Å². The van der Waals surface area contributed by atoms with Crippen LogP contribution in [-0.4, -0.2) is 35.8 Å². The number of carbonyl (C=O) groups excluding carboxylic acids is 1. The summed E-state index contributed by atoms with van der Waals surface area (Å²) in [5, 5.41) is 5.71. The van der Waals surface area contributed by atoms with Crippen molar-refractivity contribution in [3.63, 3.8) is 0 Å². The van der Waals surface area contributed by atoms with E-state index in [0.29, 0.717) is 18.8 Å².